The molecule has 21 heavy (non-hydrogen) atoms. The molecule has 1 rings (SSSR count). The summed E-state index contributed by atoms with van der Waals surface area (Å²) in [7, 11) is -4.13. The summed E-state index contributed by atoms with van der Waals surface area (Å²) in [5, 5.41) is 13.3. The first-order valence-electron chi connectivity index (χ1n) is 6.88. The van der Waals surface area contributed by atoms with Crippen LogP contribution in [0.2, 0.25) is 0 Å². The number of rotatable bonds is 3. The highest BCUT2D eigenvalue weighted by Crippen LogP contribution is 2.42. The second kappa shape index (κ2) is 5.64. The van der Waals surface area contributed by atoms with E-state index in [-0.39, 0.29) is 16.6 Å². The lowest BCUT2D eigenvalue weighted by molar-refractivity contribution is 0.375. The number of hydrogen-bond acceptors (Lipinski definition) is 3. The Balaban J connectivity index is 3.37. The zero-order valence-electron chi connectivity index (χ0n) is 13.6. The van der Waals surface area contributed by atoms with Crippen molar-refractivity contribution in [1.82, 2.24) is 0 Å². The van der Waals surface area contributed by atoms with Crippen LogP contribution in [0.3, 0.4) is 0 Å². The van der Waals surface area contributed by atoms with Gasteiger partial charge in [-0.25, -0.2) is 0 Å². The molecule has 0 saturated heterocycles. The third kappa shape index (κ3) is 5.03. The van der Waals surface area contributed by atoms with Crippen molar-refractivity contribution in [2.45, 2.75) is 52.4 Å². The molecule has 0 aliphatic rings. The molecule has 6 heteroatoms. The fraction of sp³-hybridized carbons (Fsp3) is 0.600. The van der Waals surface area contributed by atoms with Crippen molar-refractivity contribution in [2.75, 3.05) is 11.6 Å². The van der Waals surface area contributed by atoms with E-state index in [0.717, 1.165) is 11.1 Å². The molecular weight excluding hydrogens is 289 g/mol. The molecule has 1 aromatic rings. The minimum atomic E-state index is -4.13. The van der Waals surface area contributed by atoms with E-state index in [4.69, 9.17) is 9.79 Å². The Morgan fingerprint density at radius 3 is 1.67 bits per heavy atom. The van der Waals surface area contributed by atoms with E-state index < -0.39 is 13.9 Å². The van der Waals surface area contributed by atoms with Gasteiger partial charge < -0.3 is 20.2 Å². The highest BCUT2D eigenvalue weighted by molar-refractivity contribution is 7.51. The van der Waals surface area contributed by atoms with E-state index in [1.54, 1.807) is 12.1 Å². The van der Waals surface area contributed by atoms with Gasteiger partial charge in [-0.05, 0) is 23.0 Å². The van der Waals surface area contributed by atoms with Gasteiger partial charge in [0.15, 0.2) is 0 Å². The van der Waals surface area contributed by atoms with Gasteiger partial charge in [-0.3, -0.25) is 4.57 Å². The van der Waals surface area contributed by atoms with Gasteiger partial charge in [0.05, 0.1) is 0 Å². The Kier molecular flexibility index (Phi) is 4.84. The first-order chi connectivity index (χ1) is 9.22. The minimum absolute atomic E-state index is 0.247. The lowest BCUT2D eigenvalue weighted by atomic mass is 9.79. The van der Waals surface area contributed by atoms with Crippen LogP contribution in [0.15, 0.2) is 12.1 Å². The fourth-order valence-corrected chi connectivity index (χ4v) is 2.46. The van der Waals surface area contributed by atoms with E-state index in [1.807, 2.05) is 41.5 Å². The van der Waals surface area contributed by atoms with Crippen LogP contribution in [0.4, 0.5) is 5.69 Å². The van der Waals surface area contributed by atoms with E-state index in [1.165, 1.54) is 0 Å². The van der Waals surface area contributed by atoms with Gasteiger partial charge in [-0.1, -0.05) is 41.5 Å². The molecule has 1 aromatic carbocycles. The summed E-state index contributed by atoms with van der Waals surface area (Å²) in [5.41, 5.74) is 1.56. The first-order valence-corrected chi connectivity index (χ1v) is 8.68. The summed E-state index contributed by atoms with van der Waals surface area (Å²) >= 11 is 0. The Labute approximate surface area is 126 Å². The Hall–Kier alpha value is -1.03. The van der Waals surface area contributed by atoms with Crippen molar-refractivity contribution in [3.8, 4) is 5.75 Å². The zero-order valence-corrected chi connectivity index (χ0v) is 14.5. The molecule has 0 aromatic heterocycles. The normalized spacial score (nSPS) is 13.3. The molecule has 120 valence electrons. The minimum Gasteiger partial charge on any atom is -0.507 e. The molecule has 0 radical (unpaired) electrons. The molecule has 5 nitrogen and oxygen atoms in total. The van der Waals surface area contributed by atoms with Crippen molar-refractivity contribution in [3.05, 3.63) is 23.3 Å². The predicted molar refractivity (Wildman–Crippen MR) is 86.0 cm³/mol. The number of phenols is 1. The molecule has 0 aliphatic heterocycles. The summed E-state index contributed by atoms with van der Waals surface area (Å²) in [6, 6.07) is 3.50. The lowest BCUT2D eigenvalue weighted by Crippen LogP contribution is -2.18. The Bertz CT molecular complexity index is 529. The summed E-state index contributed by atoms with van der Waals surface area (Å²) in [5.74, 6) is 0.247. The van der Waals surface area contributed by atoms with Gasteiger partial charge in [0.25, 0.3) is 0 Å². The molecule has 4 N–H and O–H groups in total. The maximum Gasteiger partial charge on any atom is 0.344 e. The van der Waals surface area contributed by atoms with Crippen LogP contribution in [-0.2, 0) is 15.4 Å². The number of benzene rings is 1. The van der Waals surface area contributed by atoms with Crippen LogP contribution in [0, 0.1) is 0 Å². The fourth-order valence-electron chi connectivity index (χ4n) is 2.07. The molecule has 0 atom stereocenters. The maximum absolute atomic E-state index is 11.0. The van der Waals surface area contributed by atoms with Crippen LogP contribution in [0.25, 0.3) is 0 Å². The third-order valence-corrected chi connectivity index (χ3v) is 3.79. The van der Waals surface area contributed by atoms with E-state index in [2.05, 4.69) is 5.32 Å². The molecule has 0 heterocycles. The molecule has 0 bridgehead atoms. The smallest absolute Gasteiger partial charge is 0.344 e. The Morgan fingerprint density at radius 2 is 1.38 bits per heavy atom. The average molecular weight is 315 g/mol. The topological polar surface area (TPSA) is 89.8 Å². The number of anilines is 1. The average Bonchev–Trinajstić information content (AvgIpc) is 2.23. The summed E-state index contributed by atoms with van der Waals surface area (Å²) in [6.45, 7) is 11.9. The van der Waals surface area contributed by atoms with Gasteiger partial charge >= 0.3 is 7.60 Å². The zero-order chi connectivity index (χ0) is 16.6. The van der Waals surface area contributed by atoms with E-state index in [0.29, 0.717) is 5.69 Å². The molecule has 0 aliphatic carbocycles. The molecule has 0 unspecified atom stereocenters. The molecule has 0 amide bonds. The largest absolute Gasteiger partial charge is 0.507 e. The predicted octanol–water partition coefficient (Wildman–Crippen LogP) is 3.53. The van der Waals surface area contributed by atoms with Crippen LogP contribution in [-0.4, -0.2) is 21.2 Å². The quantitative estimate of drug-likeness (QED) is 0.506. The number of aromatic hydroxyl groups is 1. The van der Waals surface area contributed by atoms with Crippen molar-refractivity contribution < 1.29 is 19.5 Å². The van der Waals surface area contributed by atoms with Crippen molar-refractivity contribution >= 4 is 13.3 Å². The van der Waals surface area contributed by atoms with Gasteiger partial charge in [-0.15, -0.1) is 0 Å². The van der Waals surface area contributed by atoms with E-state index >= 15 is 0 Å². The highest BCUT2D eigenvalue weighted by atomic mass is 31.2. The van der Waals surface area contributed by atoms with Crippen molar-refractivity contribution in [1.29, 1.82) is 0 Å². The van der Waals surface area contributed by atoms with Gasteiger partial charge in [0.1, 0.15) is 12.0 Å². The van der Waals surface area contributed by atoms with Gasteiger partial charge in [-0.2, -0.15) is 0 Å². The lowest BCUT2D eigenvalue weighted by Gasteiger charge is -2.28. The van der Waals surface area contributed by atoms with Gasteiger partial charge in [0.2, 0.25) is 0 Å². The maximum atomic E-state index is 11.0. The summed E-state index contributed by atoms with van der Waals surface area (Å²) in [6.07, 6.45) is -0.426. The van der Waals surface area contributed by atoms with Crippen molar-refractivity contribution in [2.24, 2.45) is 0 Å². The van der Waals surface area contributed by atoms with Crippen molar-refractivity contribution in [3.63, 3.8) is 0 Å². The number of nitrogens with one attached hydrogen (secondary N) is 1. The summed E-state index contributed by atoms with van der Waals surface area (Å²) < 4.78 is 11.0. The van der Waals surface area contributed by atoms with E-state index in [9.17, 15) is 9.67 Å². The molecular formula is C15H26NO4P. The summed E-state index contributed by atoms with van der Waals surface area (Å²) in [4.78, 5) is 18.0. The Morgan fingerprint density at radius 1 is 1.00 bits per heavy atom. The molecule has 0 spiro atoms. The monoisotopic (exact) mass is 315 g/mol. The van der Waals surface area contributed by atoms with Gasteiger partial charge in [0, 0.05) is 16.8 Å². The van der Waals surface area contributed by atoms with Crippen LogP contribution in [0.1, 0.15) is 52.7 Å². The first kappa shape index (κ1) is 18.0. The van der Waals surface area contributed by atoms with Crippen LogP contribution in [0.5, 0.6) is 5.75 Å². The molecule has 0 fully saturated rings. The number of phenolic OH excluding ortho intramolecular Hbond substituents is 1. The van der Waals surface area contributed by atoms with Crippen LogP contribution < -0.4 is 5.32 Å². The SMILES string of the molecule is CC(C)(C)c1cc(NCP(=O)(O)O)cc(C(C)(C)C)c1O. The standard InChI is InChI=1S/C15H26NO4P/c1-14(2,3)11-7-10(16-9-21(18,19)20)8-12(13(11)17)15(4,5)6/h7-8,16-17H,9H2,1-6H3,(H2,18,19,20). The second-order valence-corrected chi connectivity index (χ2v) is 9.07. The van der Waals surface area contributed by atoms with Crippen LogP contribution >= 0.6 is 7.60 Å². The second-order valence-electron chi connectivity index (χ2n) is 7.42. The third-order valence-electron chi connectivity index (χ3n) is 3.22. The number of hydrogen-bond donors (Lipinski definition) is 4. The highest BCUT2D eigenvalue weighted by Gasteiger charge is 2.26. The molecule has 0 saturated carbocycles.